The van der Waals surface area contributed by atoms with E-state index in [-0.39, 0.29) is 29.8 Å². The van der Waals surface area contributed by atoms with Gasteiger partial charge in [0, 0.05) is 24.9 Å². The maximum absolute atomic E-state index is 13.6. The minimum absolute atomic E-state index is 0.00773. The molecule has 38 heavy (non-hydrogen) atoms. The van der Waals surface area contributed by atoms with Crippen molar-refractivity contribution in [2.24, 2.45) is 22.7 Å². The summed E-state index contributed by atoms with van der Waals surface area (Å²) in [4.78, 5) is 40.3. The summed E-state index contributed by atoms with van der Waals surface area (Å²) in [5, 5.41) is 18.9. The van der Waals surface area contributed by atoms with E-state index < -0.39 is 47.4 Å². The summed E-state index contributed by atoms with van der Waals surface area (Å²) in [5.74, 6) is -3.65. The highest BCUT2D eigenvalue weighted by Gasteiger charge is 2.70. The number of fused-ring (bicyclic) bond motifs is 2. The van der Waals surface area contributed by atoms with Crippen molar-refractivity contribution >= 4 is 17.7 Å². The number of nitriles is 1. The molecule has 4 rings (SSSR count). The first-order valence-electron chi connectivity index (χ1n) is 13.0. The largest absolute Gasteiger partial charge is 0.471 e. The van der Waals surface area contributed by atoms with Crippen molar-refractivity contribution in [1.82, 2.24) is 25.3 Å². The van der Waals surface area contributed by atoms with Crippen molar-refractivity contribution in [2.45, 2.75) is 90.6 Å². The summed E-state index contributed by atoms with van der Waals surface area (Å²) < 4.78 is 41.0. The van der Waals surface area contributed by atoms with E-state index in [1.54, 1.807) is 27.0 Å². The lowest BCUT2D eigenvalue weighted by Crippen LogP contribution is -2.61. The zero-order valence-corrected chi connectivity index (χ0v) is 22.3. The van der Waals surface area contributed by atoms with Crippen LogP contribution in [0.3, 0.4) is 0 Å². The lowest BCUT2D eigenvalue weighted by Gasteiger charge is -2.38. The third kappa shape index (κ3) is 5.12. The molecule has 1 aromatic heterocycles. The Morgan fingerprint density at radius 2 is 1.92 bits per heavy atom. The Morgan fingerprint density at radius 1 is 1.24 bits per heavy atom. The monoisotopic (exact) mass is 536 g/mol. The molecule has 2 N–H and O–H groups in total. The molecule has 3 aliphatic rings. The number of alkyl halides is 3. The molecule has 2 fully saturated rings. The van der Waals surface area contributed by atoms with E-state index in [1.807, 2.05) is 29.9 Å². The molecule has 1 saturated heterocycles. The normalized spacial score (nSPS) is 27.4. The van der Waals surface area contributed by atoms with Gasteiger partial charge in [0.15, 0.2) is 0 Å². The molecule has 3 amide bonds. The lowest BCUT2D eigenvalue weighted by atomic mass is 9.85. The number of carbonyl (C=O) groups is 3. The number of aryl methyl sites for hydroxylation is 1. The first-order chi connectivity index (χ1) is 17.6. The number of nitrogens with zero attached hydrogens (tertiary/aromatic N) is 4. The second-order valence-electron chi connectivity index (χ2n) is 12.4. The summed E-state index contributed by atoms with van der Waals surface area (Å²) in [6.45, 7) is 8.84. The van der Waals surface area contributed by atoms with Crippen LogP contribution in [-0.4, -0.2) is 63.2 Å². The van der Waals surface area contributed by atoms with Crippen LogP contribution in [0.4, 0.5) is 13.2 Å². The zero-order valence-electron chi connectivity index (χ0n) is 22.3. The van der Waals surface area contributed by atoms with Crippen LogP contribution in [0.1, 0.15) is 65.6 Å². The fourth-order valence-electron chi connectivity index (χ4n) is 6.24. The number of hydrogen-bond acceptors (Lipinski definition) is 5. The molecular formula is C26H35F3N6O3. The van der Waals surface area contributed by atoms with Crippen LogP contribution in [0.15, 0.2) is 12.3 Å². The molecule has 0 spiro atoms. The Morgan fingerprint density at radius 3 is 2.53 bits per heavy atom. The van der Waals surface area contributed by atoms with E-state index in [1.165, 1.54) is 4.90 Å². The average Bonchev–Trinajstić information content (AvgIpc) is 3.24. The average molecular weight is 537 g/mol. The third-order valence-electron chi connectivity index (χ3n) is 8.45. The molecular weight excluding hydrogens is 501 g/mol. The molecule has 0 bridgehead atoms. The minimum atomic E-state index is -5.15. The molecule has 3 unspecified atom stereocenters. The van der Waals surface area contributed by atoms with Gasteiger partial charge in [-0.1, -0.05) is 34.6 Å². The highest BCUT2D eigenvalue weighted by Crippen LogP contribution is 2.65. The second-order valence-corrected chi connectivity index (χ2v) is 12.4. The number of nitrogens with one attached hydrogen (secondary N) is 2. The molecule has 6 atom stereocenters. The number of likely N-dealkylation sites (tertiary alicyclic amines) is 1. The molecule has 0 radical (unpaired) electrons. The summed E-state index contributed by atoms with van der Waals surface area (Å²) in [5.41, 5.74) is -0.201. The Bertz CT molecular complexity index is 1150. The molecule has 9 nitrogen and oxygen atoms in total. The van der Waals surface area contributed by atoms with E-state index in [0.717, 1.165) is 25.0 Å². The molecule has 208 valence electrons. The summed E-state index contributed by atoms with van der Waals surface area (Å²) in [7, 11) is 0. The quantitative estimate of drug-likeness (QED) is 0.579. The maximum Gasteiger partial charge on any atom is 0.471 e. The van der Waals surface area contributed by atoms with Gasteiger partial charge < -0.3 is 15.5 Å². The second kappa shape index (κ2) is 9.58. The van der Waals surface area contributed by atoms with E-state index in [0.29, 0.717) is 6.42 Å². The number of halogens is 3. The predicted molar refractivity (Wildman–Crippen MR) is 130 cm³/mol. The van der Waals surface area contributed by atoms with Crippen LogP contribution in [-0.2, 0) is 20.8 Å². The van der Waals surface area contributed by atoms with Crippen LogP contribution < -0.4 is 10.6 Å². The number of amides is 3. The van der Waals surface area contributed by atoms with Crippen LogP contribution in [0, 0.1) is 34.0 Å². The fraction of sp³-hybridized carbons (Fsp3) is 0.731. The first-order valence-corrected chi connectivity index (χ1v) is 13.0. The Kier molecular flexibility index (Phi) is 7.04. The smallest absolute Gasteiger partial charge is 0.338 e. The van der Waals surface area contributed by atoms with Gasteiger partial charge in [-0.3, -0.25) is 19.1 Å². The van der Waals surface area contributed by atoms with Gasteiger partial charge in [0.1, 0.15) is 18.1 Å². The Hall–Kier alpha value is -3.10. The van der Waals surface area contributed by atoms with Gasteiger partial charge in [-0.25, -0.2) is 0 Å². The summed E-state index contributed by atoms with van der Waals surface area (Å²) >= 11 is 0. The third-order valence-corrected chi connectivity index (χ3v) is 8.45. The van der Waals surface area contributed by atoms with E-state index >= 15 is 0 Å². The maximum atomic E-state index is 13.6. The molecule has 1 aliphatic carbocycles. The van der Waals surface area contributed by atoms with Gasteiger partial charge in [-0.15, -0.1) is 0 Å². The standard InChI is InChI=1S/C26H35F3N6O3/c1-24(2,3)20(33-23(38)26(27,28)29)22(37)34-13-17-18(25(17,4)5)19(34)21(36)32-14(12-30)11-16-8-6-7-15-9-10-31-35(15)16/h9-10,14,16-20H,6-8,11,13H2,1-5H3,(H,32,36)(H,33,38)/t14?,16?,17-,18-,19-,20?/m0/s1. The van der Waals surface area contributed by atoms with Crippen LogP contribution in [0.25, 0.3) is 0 Å². The molecule has 12 heteroatoms. The van der Waals surface area contributed by atoms with Crippen molar-refractivity contribution in [3.8, 4) is 6.07 Å². The topological polar surface area (TPSA) is 120 Å². The number of hydrogen-bond donors (Lipinski definition) is 2. The van der Waals surface area contributed by atoms with Crippen molar-refractivity contribution in [3.63, 3.8) is 0 Å². The summed E-state index contributed by atoms with van der Waals surface area (Å²) in [6.07, 6.45) is -0.417. The molecule has 1 aromatic rings. The van der Waals surface area contributed by atoms with Crippen LogP contribution in [0.2, 0.25) is 0 Å². The molecule has 3 heterocycles. The number of rotatable bonds is 6. The van der Waals surface area contributed by atoms with Crippen molar-refractivity contribution in [2.75, 3.05) is 6.54 Å². The lowest BCUT2D eigenvalue weighted by molar-refractivity contribution is -0.176. The van der Waals surface area contributed by atoms with Gasteiger partial charge >= 0.3 is 12.1 Å². The number of carbonyl (C=O) groups excluding carboxylic acids is 3. The van der Waals surface area contributed by atoms with Crippen molar-refractivity contribution < 1.29 is 27.6 Å². The van der Waals surface area contributed by atoms with Crippen LogP contribution in [0.5, 0.6) is 0 Å². The highest BCUT2D eigenvalue weighted by atomic mass is 19.4. The van der Waals surface area contributed by atoms with Gasteiger partial charge in [0.2, 0.25) is 11.8 Å². The number of aromatic nitrogens is 2. The van der Waals surface area contributed by atoms with Gasteiger partial charge in [-0.2, -0.15) is 23.5 Å². The summed E-state index contributed by atoms with van der Waals surface area (Å²) in [6, 6.07) is 0.777. The SMILES string of the molecule is CC(C)(C)C(NC(=O)C(F)(F)F)C(=O)N1C[C@H]2[C@@H]([C@H]1C(=O)NC(C#N)CC1CCCc3ccnn31)C2(C)C. The molecule has 2 aliphatic heterocycles. The van der Waals surface area contributed by atoms with Gasteiger partial charge in [0.05, 0.1) is 12.1 Å². The van der Waals surface area contributed by atoms with Crippen LogP contribution >= 0.6 is 0 Å². The first kappa shape index (κ1) is 27.9. The van der Waals surface area contributed by atoms with Crippen molar-refractivity contribution in [3.05, 3.63) is 18.0 Å². The minimum Gasteiger partial charge on any atom is -0.338 e. The van der Waals surface area contributed by atoms with E-state index in [4.69, 9.17) is 0 Å². The fourth-order valence-corrected chi connectivity index (χ4v) is 6.24. The predicted octanol–water partition coefficient (Wildman–Crippen LogP) is 2.74. The van der Waals surface area contributed by atoms with Gasteiger partial charge in [-0.05, 0) is 48.0 Å². The zero-order chi connectivity index (χ0) is 28.2. The molecule has 1 saturated carbocycles. The van der Waals surface area contributed by atoms with E-state index in [9.17, 15) is 32.8 Å². The number of piperidine rings is 1. The van der Waals surface area contributed by atoms with E-state index in [2.05, 4.69) is 16.5 Å². The Labute approximate surface area is 220 Å². The molecule has 0 aromatic carbocycles. The van der Waals surface area contributed by atoms with Gasteiger partial charge in [0.25, 0.3) is 0 Å². The highest BCUT2D eigenvalue weighted by molar-refractivity contribution is 5.95. The Balaban J connectivity index is 1.53. The van der Waals surface area contributed by atoms with Crippen molar-refractivity contribution in [1.29, 1.82) is 5.26 Å².